The number of para-hydroxylation sites is 4. The third-order valence-corrected chi connectivity index (χ3v) is 12.1. The third-order valence-electron chi connectivity index (χ3n) is 12.1. The summed E-state index contributed by atoms with van der Waals surface area (Å²) in [4.78, 5) is 6.35. The van der Waals surface area contributed by atoms with Crippen LogP contribution in [-0.2, 0) is 6.54 Å². The highest BCUT2D eigenvalue weighted by molar-refractivity contribution is 6.13. The maximum Gasteiger partial charge on any atom is 0.124 e. The van der Waals surface area contributed by atoms with Crippen LogP contribution in [0.2, 0.25) is 0 Å². The lowest BCUT2D eigenvalue weighted by atomic mass is 9.93. The van der Waals surface area contributed by atoms with Gasteiger partial charge >= 0.3 is 0 Å². The first-order valence-corrected chi connectivity index (χ1v) is 23.6. The van der Waals surface area contributed by atoms with Gasteiger partial charge in [-0.3, -0.25) is 0 Å². The molecular formula is C59H58N9O+. The molecule has 9 aromatic rings. The molecule has 1 heterocycles. The molecule has 0 aliphatic rings. The number of ether oxygens (including phenoxy) is 1. The predicted molar refractivity (Wildman–Crippen MR) is 283 cm³/mol. The molecule has 69 heavy (non-hydrogen) atoms. The van der Waals surface area contributed by atoms with Gasteiger partial charge in [0.15, 0.2) is 0 Å². The summed E-state index contributed by atoms with van der Waals surface area (Å²) in [6.07, 6.45) is 1.58. The number of hydrogen-bond donors (Lipinski definition) is 2. The standard InChI is InChI=1S/C59H57N9O/c1-59(2,3)42-62-65(4)58-54(45-31-35-51(36-32-45)68(48-23-13-7-14-24-48)49-25-15-8-16-26-49)57-56(63-66(64-57)39-17-18-40-69-52-37-27-43(41-60)28-38-52)53(55(58)61)44-29-33-50(34-30-44)67(46-19-9-5-10-20-46)47-21-11-6-12-22-47/h5-16,19-38,62H,17-18,39-40,42,61H2,1-4H3/p+1. The van der Waals surface area contributed by atoms with E-state index >= 15 is 0 Å². The zero-order valence-electron chi connectivity index (χ0n) is 39.7. The molecule has 0 radical (unpaired) electrons. The quantitative estimate of drug-likeness (QED) is 0.0402. The fourth-order valence-electron chi connectivity index (χ4n) is 8.64. The second-order valence-corrected chi connectivity index (χ2v) is 18.4. The first-order valence-electron chi connectivity index (χ1n) is 23.6. The number of aryl methyl sites for hydroxylation is 1. The molecule has 0 unspecified atom stereocenters. The predicted octanol–water partition coefficient (Wildman–Crippen LogP) is 13.0. The monoisotopic (exact) mass is 908 g/mol. The summed E-state index contributed by atoms with van der Waals surface area (Å²) in [5.74, 6) is 0.741. The molecule has 344 valence electrons. The number of quaternary nitrogens is 1. The van der Waals surface area contributed by atoms with Gasteiger partial charge in [0.05, 0.1) is 37.5 Å². The van der Waals surface area contributed by atoms with Gasteiger partial charge in [-0.05, 0) is 121 Å². The van der Waals surface area contributed by atoms with Gasteiger partial charge in [-0.2, -0.15) is 20.3 Å². The Bertz CT molecular complexity index is 3050. The molecule has 0 atom stereocenters. The van der Waals surface area contributed by atoms with E-state index in [9.17, 15) is 5.26 Å². The van der Waals surface area contributed by atoms with Crippen LogP contribution in [0.1, 0.15) is 39.2 Å². The SMILES string of the molecule is CN([NH2+]CC(C)(C)C)c1c(N)c(-c2ccc(N(c3ccccc3)c3ccccc3)cc2)c2nn(CCCCOc3ccc(C#N)cc3)nc2c1-c1ccc(N(c2ccccc2)c2ccccc2)cc1. The minimum absolute atomic E-state index is 0.0439. The Kier molecular flexibility index (Phi) is 13.7. The maximum absolute atomic E-state index is 9.21. The lowest BCUT2D eigenvalue weighted by Crippen LogP contribution is -2.95. The number of unbranched alkanes of at least 4 members (excludes halogenated alkanes) is 1. The van der Waals surface area contributed by atoms with Crippen molar-refractivity contribution in [2.75, 3.05) is 40.7 Å². The van der Waals surface area contributed by atoms with Gasteiger partial charge in [0, 0.05) is 50.7 Å². The van der Waals surface area contributed by atoms with Gasteiger partial charge in [0.1, 0.15) is 29.0 Å². The zero-order valence-corrected chi connectivity index (χ0v) is 39.7. The zero-order chi connectivity index (χ0) is 47.7. The molecule has 0 bridgehead atoms. The Morgan fingerprint density at radius 1 is 0.565 bits per heavy atom. The van der Waals surface area contributed by atoms with Crippen LogP contribution in [0.15, 0.2) is 194 Å². The molecule has 0 fully saturated rings. The molecule has 9 rings (SSSR count). The van der Waals surface area contributed by atoms with Crippen molar-refractivity contribution in [3.05, 3.63) is 200 Å². The Hall–Kier alpha value is -8.39. The fraction of sp³-hybridized carbons (Fsp3) is 0.169. The summed E-state index contributed by atoms with van der Waals surface area (Å²) in [5.41, 5.74) is 23.5. The van der Waals surface area contributed by atoms with Crippen molar-refractivity contribution in [1.29, 1.82) is 5.26 Å². The van der Waals surface area contributed by atoms with Crippen molar-refractivity contribution in [3.63, 3.8) is 0 Å². The number of fused-ring (bicyclic) bond motifs is 1. The van der Waals surface area contributed by atoms with Gasteiger partial charge in [0.2, 0.25) is 0 Å². The first-order chi connectivity index (χ1) is 33.6. The molecule has 0 aliphatic heterocycles. The average Bonchev–Trinajstić information content (AvgIpc) is 3.80. The minimum atomic E-state index is 0.0439. The molecule has 8 aromatic carbocycles. The van der Waals surface area contributed by atoms with Crippen molar-refractivity contribution in [3.8, 4) is 34.1 Å². The van der Waals surface area contributed by atoms with E-state index in [1.165, 1.54) is 0 Å². The number of rotatable bonds is 17. The normalized spacial score (nSPS) is 11.3. The minimum Gasteiger partial charge on any atom is -0.494 e. The van der Waals surface area contributed by atoms with Gasteiger partial charge in [0.25, 0.3) is 0 Å². The Balaban J connectivity index is 1.15. The second kappa shape index (κ2) is 20.6. The molecule has 0 saturated heterocycles. The van der Waals surface area contributed by atoms with Crippen LogP contribution in [0, 0.1) is 16.7 Å². The van der Waals surface area contributed by atoms with E-state index in [0.717, 1.165) is 98.2 Å². The third kappa shape index (κ3) is 10.4. The molecule has 10 nitrogen and oxygen atoms in total. The topological polar surface area (TPSA) is 116 Å². The Morgan fingerprint density at radius 2 is 0.986 bits per heavy atom. The van der Waals surface area contributed by atoms with Crippen LogP contribution in [0.3, 0.4) is 0 Å². The van der Waals surface area contributed by atoms with Crippen molar-refractivity contribution < 1.29 is 10.2 Å². The van der Waals surface area contributed by atoms with Crippen LogP contribution in [0.25, 0.3) is 33.3 Å². The van der Waals surface area contributed by atoms with Crippen LogP contribution >= 0.6 is 0 Å². The largest absolute Gasteiger partial charge is 0.494 e. The Labute approximate surface area is 405 Å². The summed E-state index contributed by atoms with van der Waals surface area (Å²) in [6.45, 7) is 8.68. The Morgan fingerprint density at radius 3 is 1.42 bits per heavy atom. The molecule has 0 saturated carbocycles. The van der Waals surface area contributed by atoms with Gasteiger partial charge < -0.3 is 20.3 Å². The van der Waals surface area contributed by atoms with Gasteiger partial charge in [-0.1, -0.05) is 118 Å². The van der Waals surface area contributed by atoms with E-state index in [-0.39, 0.29) is 5.41 Å². The number of nitriles is 1. The molecule has 0 amide bonds. The highest BCUT2D eigenvalue weighted by atomic mass is 16.5. The van der Waals surface area contributed by atoms with E-state index in [4.69, 9.17) is 20.7 Å². The summed E-state index contributed by atoms with van der Waals surface area (Å²) < 4.78 is 6.03. The van der Waals surface area contributed by atoms with Crippen molar-refractivity contribution in [1.82, 2.24) is 15.0 Å². The van der Waals surface area contributed by atoms with Crippen LogP contribution in [-0.4, -0.2) is 35.2 Å². The molecule has 1 aromatic heterocycles. The van der Waals surface area contributed by atoms with Crippen LogP contribution in [0.5, 0.6) is 5.75 Å². The maximum atomic E-state index is 9.21. The molecule has 0 spiro atoms. The van der Waals surface area contributed by atoms with E-state index in [2.05, 4.69) is 200 Å². The molecule has 4 N–H and O–H groups in total. The highest BCUT2D eigenvalue weighted by Gasteiger charge is 2.29. The fourth-order valence-corrected chi connectivity index (χ4v) is 8.64. The van der Waals surface area contributed by atoms with Gasteiger partial charge in [-0.15, -0.1) is 0 Å². The number of nitrogens with zero attached hydrogens (tertiary/aromatic N) is 7. The lowest BCUT2D eigenvalue weighted by Gasteiger charge is -2.28. The van der Waals surface area contributed by atoms with E-state index in [0.29, 0.717) is 24.4 Å². The summed E-state index contributed by atoms with van der Waals surface area (Å²) in [7, 11) is 2.09. The molecule has 10 heteroatoms. The summed E-state index contributed by atoms with van der Waals surface area (Å²) in [5, 5.41) is 22.0. The number of anilines is 8. The number of benzene rings is 8. The number of aromatic nitrogens is 3. The van der Waals surface area contributed by atoms with E-state index in [1.807, 2.05) is 41.2 Å². The molecular weight excluding hydrogens is 851 g/mol. The first kappa shape index (κ1) is 45.8. The van der Waals surface area contributed by atoms with Crippen LogP contribution < -0.4 is 30.7 Å². The van der Waals surface area contributed by atoms with Crippen molar-refractivity contribution in [2.24, 2.45) is 5.41 Å². The highest BCUT2D eigenvalue weighted by Crippen LogP contribution is 2.48. The second-order valence-electron chi connectivity index (χ2n) is 18.4. The number of nitrogens with two attached hydrogens (primary N) is 2. The van der Waals surface area contributed by atoms with E-state index in [1.54, 1.807) is 12.1 Å². The van der Waals surface area contributed by atoms with Gasteiger partial charge in [-0.25, -0.2) is 10.4 Å². The summed E-state index contributed by atoms with van der Waals surface area (Å²) >= 11 is 0. The van der Waals surface area contributed by atoms with Crippen molar-refractivity contribution in [2.45, 2.75) is 40.2 Å². The van der Waals surface area contributed by atoms with Crippen molar-refractivity contribution >= 4 is 56.5 Å². The number of hydrogen-bond acceptors (Lipinski definition) is 8. The van der Waals surface area contributed by atoms with Crippen LogP contribution in [0.4, 0.5) is 45.5 Å². The summed E-state index contributed by atoms with van der Waals surface area (Å²) in [6, 6.07) is 68.4. The smallest absolute Gasteiger partial charge is 0.124 e. The molecule has 0 aliphatic carbocycles. The average molecular weight is 909 g/mol. The van der Waals surface area contributed by atoms with E-state index < -0.39 is 0 Å². The number of nitrogen functional groups attached to an aromatic ring is 1. The lowest BCUT2D eigenvalue weighted by molar-refractivity contribution is -0.673.